The highest BCUT2D eigenvalue weighted by Gasteiger charge is 2.13. The van der Waals surface area contributed by atoms with E-state index in [-0.39, 0.29) is 18.0 Å². The zero-order valence-corrected chi connectivity index (χ0v) is 13.3. The molecule has 5 heteroatoms. The number of rotatable bonds is 3. The summed E-state index contributed by atoms with van der Waals surface area (Å²) >= 11 is 13.8. The molecule has 0 spiro atoms. The molecule has 0 atom stereocenters. The van der Waals surface area contributed by atoms with E-state index >= 15 is 0 Å². The van der Waals surface area contributed by atoms with Crippen LogP contribution in [0.4, 0.5) is 4.39 Å². The third-order valence-corrected chi connectivity index (χ3v) is 4.08. The van der Waals surface area contributed by atoms with Gasteiger partial charge in [0.05, 0.1) is 0 Å². The Bertz CT molecular complexity index is 643. The molecule has 1 nitrogen and oxygen atoms in total. The first-order chi connectivity index (χ1) is 8.97. The van der Waals surface area contributed by atoms with E-state index < -0.39 is 0 Å². The number of hydrogen-bond acceptors (Lipinski definition) is 1. The highest BCUT2D eigenvalue weighted by Crippen LogP contribution is 2.23. The van der Waals surface area contributed by atoms with Crippen molar-refractivity contribution in [3.8, 4) is 0 Å². The molecule has 2 rings (SSSR count). The van der Waals surface area contributed by atoms with Gasteiger partial charge in [0.15, 0.2) is 5.78 Å². The predicted octanol–water partition coefficient (Wildman–Crippen LogP) is 5.16. The number of carbonyl (C=O) groups excluding carboxylic acids is 1. The third-order valence-electron chi connectivity index (χ3n) is 2.60. The van der Waals surface area contributed by atoms with E-state index in [0.717, 1.165) is 0 Å². The number of carbonyl (C=O) groups is 1. The molecule has 0 fully saturated rings. The van der Waals surface area contributed by atoms with Crippen LogP contribution < -0.4 is 0 Å². The van der Waals surface area contributed by atoms with Gasteiger partial charge in [-0.1, -0.05) is 29.3 Å². The molecule has 2 aromatic carbocycles. The van der Waals surface area contributed by atoms with Crippen LogP contribution in [-0.2, 0) is 6.42 Å². The van der Waals surface area contributed by atoms with Crippen LogP contribution in [0.3, 0.4) is 0 Å². The molecular weight excluding hydrogens is 401 g/mol. The van der Waals surface area contributed by atoms with Crippen molar-refractivity contribution in [3.63, 3.8) is 0 Å². The first-order valence-electron chi connectivity index (χ1n) is 5.39. The van der Waals surface area contributed by atoms with Crippen LogP contribution in [0.25, 0.3) is 0 Å². The molecule has 0 bridgehead atoms. The summed E-state index contributed by atoms with van der Waals surface area (Å²) in [6.07, 6.45) is 0.164. The van der Waals surface area contributed by atoms with Crippen molar-refractivity contribution in [1.82, 2.24) is 0 Å². The minimum atomic E-state index is -0.356. The van der Waals surface area contributed by atoms with Gasteiger partial charge in [-0.3, -0.25) is 4.79 Å². The van der Waals surface area contributed by atoms with Gasteiger partial charge in [-0.15, -0.1) is 0 Å². The lowest BCUT2D eigenvalue weighted by Gasteiger charge is -2.06. The maximum absolute atomic E-state index is 13.0. The second-order valence-electron chi connectivity index (χ2n) is 3.96. The summed E-state index contributed by atoms with van der Waals surface area (Å²) < 4.78 is 13.6. The quantitative estimate of drug-likeness (QED) is 0.506. The highest BCUT2D eigenvalue weighted by atomic mass is 127. The third kappa shape index (κ3) is 3.68. The fourth-order valence-electron chi connectivity index (χ4n) is 1.65. The molecule has 0 unspecified atom stereocenters. The van der Waals surface area contributed by atoms with Crippen molar-refractivity contribution >= 4 is 51.6 Å². The van der Waals surface area contributed by atoms with E-state index in [1.807, 2.05) is 22.6 Å². The lowest BCUT2D eigenvalue weighted by molar-refractivity contribution is 0.0992. The van der Waals surface area contributed by atoms with E-state index in [1.165, 1.54) is 18.2 Å². The molecule has 0 amide bonds. The topological polar surface area (TPSA) is 17.1 Å². The summed E-state index contributed by atoms with van der Waals surface area (Å²) in [5.74, 6) is -0.459. The van der Waals surface area contributed by atoms with Crippen LogP contribution in [-0.4, -0.2) is 5.78 Å². The molecule has 0 aliphatic heterocycles. The Balaban J connectivity index is 2.25. The average molecular weight is 409 g/mol. The van der Waals surface area contributed by atoms with Gasteiger partial charge in [0, 0.05) is 25.6 Å². The Labute approximate surface area is 133 Å². The zero-order valence-electron chi connectivity index (χ0n) is 9.59. The number of benzene rings is 2. The van der Waals surface area contributed by atoms with Gasteiger partial charge in [-0.2, -0.15) is 0 Å². The van der Waals surface area contributed by atoms with E-state index in [2.05, 4.69) is 0 Å². The fraction of sp³-hybridized carbons (Fsp3) is 0.0714. The van der Waals surface area contributed by atoms with Crippen molar-refractivity contribution in [2.75, 3.05) is 0 Å². The average Bonchev–Trinajstić information content (AvgIpc) is 2.32. The Hall–Kier alpha value is -0.650. The Morgan fingerprint density at radius 3 is 2.53 bits per heavy atom. The molecule has 0 aromatic heterocycles. The fourth-order valence-corrected chi connectivity index (χ4v) is 2.90. The second-order valence-corrected chi connectivity index (χ2v) is 5.97. The highest BCUT2D eigenvalue weighted by molar-refractivity contribution is 14.1. The number of ketones is 1. The van der Waals surface area contributed by atoms with Crippen molar-refractivity contribution in [2.24, 2.45) is 0 Å². The summed E-state index contributed by atoms with van der Waals surface area (Å²) in [4.78, 5) is 12.2. The standard InChI is InChI=1S/C14H8Cl2FIO/c15-9-2-1-8(12(16)6-9)5-14(19)11-4-3-10(17)7-13(11)18/h1-4,6-7H,5H2. The van der Waals surface area contributed by atoms with E-state index in [9.17, 15) is 9.18 Å². The molecule has 2 aromatic rings. The summed E-state index contributed by atoms with van der Waals surface area (Å²) in [6, 6.07) is 9.10. The maximum atomic E-state index is 13.0. The van der Waals surface area contributed by atoms with Crippen LogP contribution >= 0.6 is 45.8 Å². The Kier molecular flexibility index (Phi) is 4.81. The maximum Gasteiger partial charge on any atom is 0.168 e. The number of hydrogen-bond donors (Lipinski definition) is 0. The number of Topliss-reactive ketones (excluding diaryl/α,β-unsaturated/α-hetero) is 1. The van der Waals surface area contributed by atoms with Crippen LogP contribution in [0, 0.1) is 9.39 Å². The van der Waals surface area contributed by atoms with Gasteiger partial charge < -0.3 is 0 Å². The van der Waals surface area contributed by atoms with Gasteiger partial charge in [-0.25, -0.2) is 4.39 Å². The van der Waals surface area contributed by atoms with Gasteiger partial charge in [0.2, 0.25) is 0 Å². The van der Waals surface area contributed by atoms with Crippen molar-refractivity contribution in [2.45, 2.75) is 6.42 Å². The minimum Gasteiger partial charge on any atom is -0.294 e. The SMILES string of the molecule is O=C(Cc1ccc(Cl)cc1Cl)c1ccc(F)cc1I. The smallest absolute Gasteiger partial charge is 0.168 e. The summed E-state index contributed by atoms with van der Waals surface area (Å²) in [5, 5.41) is 0.982. The largest absolute Gasteiger partial charge is 0.294 e. The summed E-state index contributed by atoms with van der Waals surface area (Å²) in [7, 11) is 0. The predicted molar refractivity (Wildman–Crippen MR) is 83.6 cm³/mol. The molecule has 0 radical (unpaired) electrons. The molecule has 0 N–H and O–H groups in total. The molecule has 0 saturated heterocycles. The van der Waals surface area contributed by atoms with Crippen LogP contribution in [0.15, 0.2) is 36.4 Å². The molecule has 0 aliphatic rings. The lowest BCUT2D eigenvalue weighted by atomic mass is 10.0. The van der Waals surface area contributed by atoms with Crippen molar-refractivity contribution in [3.05, 3.63) is 67.0 Å². The van der Waals surface area contributed by atoms with Gasteiger partial charge >= 0.3 is 0 Å². The molecule has 0 aliphatic carbocycles. The van der Waals surface area contributed by atoms with Gasteiger partial charge in [0.25, 0.3) is 0 Å². The monoisotopic (exact) mass is 408 g/mol. The van der Waals surface area contributed by atoms with Crippen LogP contribution in [0.1, 0.15) is 15.9 Å². The molecule has 98 valence electrons. The summed E-state index contributed by atoms with van der Waals surface area (Å²) in [5.41, 5.74) is 1.20. The van der Waals surface area contributed by atoms with Gasteiger partial charge in [0.1, 0.15) is 5.82 Å². The first kappa shape index (κ1) is 14.8. The first-order valence-corrected chi connectivity index (χ1v) is 7.23. The molecular formula is C14H8Cl2FIO. The second kappa shape index (κ2) is 6.20. The molecule has 0 saturated carbocycles. The Morgan fingerprint density at radius 2 is 1.89 bits per heavy atom. The van der Waals surface area contributed by atoms with Crippen LogP contribution in [0.5, 0.6) is 0 Å². The molecule has 19 heavy (non-hydrogen) atoms. The Morgan fingerprint density at radius 1 is 1.16 bits per heavy atom. The lowest BCUT2D eigenvalue weighted by Crippen LogP contribution is -2.06. The summed E-state index contributed by atoms with van der Waals surface area (Å²) in [6.45, 7) is 0. The van der Waals surface area contributed by atoms with Gasteiger partial charge in [-0.05, 0) is 58.5 Å². The zero-order chi connectivity index (χ0) is 14.0. The van der Waals surface area contributed by atoms with Crippen LogP contribution in [0.2, 0.25) is 10.0 Å². The van der Waals surface area contributed by atoms with E-state index in [1.54, 1.807) is 18.2 Å². The van der Waals surface area contributed by atoms with E-state index in [4.69, 9.17) is 23.2 Å². The minimum absolute atomic E-state index is 0.103. The van der Waals surface area contributed by atoms with E-state index in [0.29, 0.717) is 24.7 Å². The van der Waals surface area contributed by atoms with Crippen molar-refractivity contribution in [1.29, 1.82) is 0 Å². The number of halogens is 4. The normalized spacial score (nSPS) is 10.5. The molecule has 0 heterocycles. The van der Waals surface area contributed by atoms with Crippen molar-refractivity contribution < 1.29 is 9.18 Å².